The van der Waals surface area contributed by atoms with Crippen LogP contribution >= 0.6 is 22.6 Å². The van der Waals surface area contributed by atoms with Crippen LogP contribution in [0.25, 0.3) is 11.0 Å². The summed E-state index contributed by atoms with van der Waals surface area (Å²) >= 11 is 2.28. The van der Waals surface area contributed by atoms with Crippen LogP contribution in [0, 0.1) is 9.49 Å². The molecule has 1 aliphatic carbocycles. The monoisotopic (exact) mass is 581 g/mol. The molecule has 0 unspecified atom stereocenters. The minimum atomic E-state index is -0.684. The van der Waals surface area contributed by atoms with Gasteiger partial charge in [-0.2, -0.15) is 0 Å². The zero-order valence-electron chi connectivity index (χ0n) is 20.2. The average Bonchev–Trinajstić information content (AvgIpc) is 3.35. The van der Waals surface area contributed by atoms with Gasteiger partial charge in [0.25, 0.3) is 0 Å². The first-order chi connectivity index (χ1) is 15.9. The first-order valence-corrected chi connectivity index (χ1v) is 12.8. The number of nitrogen functional groups attached to an aromatic ring is 1. The Balaban J connectivity index is 1.46. The Morgan fingerprint density at radius 3 is 2.74 bits per heavy atom. The van der Waals surface area contributed by atoms with Crippen molar-refractivity contribution >= 4 is 45.5 Å². The van der Waals surface area contributed by atoms with Crippen LogP contribution in [0.3, 0.4) is 0 Å². The Hall–Kier alpha value is -1.92. The summed E-state index contributed by atoms with van der Waals surface area (Å²) in [5.41, 5.74) is 7.66. The molecule has 10 heteroatoms. The maximum absolute atomic E-state index is 12.8. The highest BCUT2D eigenvalue weighted by molar-refractivity contribution is 14.1. The molecule has 1 saturated heterocycles. The van der Waals surface area contributed by atoms with Crippen LogP contribution in [0.15, 0.2) is 24.2 Å². The first kappa shape index (κ1) is 23.8. The number of rotatable bonds is 2. The molecule has 2 aromatic rings. The van der Waals surface area contributed by atoms with E-state index in [9.17, 15) is 4.79 Å². The molecule has 2 aliphatic heterocycles. The second-order valence-corrected chi connectivity index (χ2v) is 11.9. The molecular weight excluding hydrogens is 549 g/mol. The molecule has 1 saturated carbocycles. The largest absolute Gasteiger partial charge is 0.444 e. The molecule has 2 fully saturated rings. The van der Waals surface area contributed by atoms with E-state index in [-0.39, 0.29) is 30.3 Å². The van der Waals surface area contributed by atoms with Crippen LogP contribution in [-0.2, 0) is 14.2 Å². The maximum Gasteiger partial charge on any atom is 0.410 e. The van der Waals surface area contributed by atoms with E-state index in [0.717, 1.165) is 27.4 Å². The summed E-state index contributed by atoms with van der Waals surface area (Å²) in [7, 11) is 0. The topological polar surface area (TPSA) is 105 Å². The van der Waals surface area contributed by atoms with Gasteiger partial charge in [-0.25, -0.2) is 14.8 Å². The van der Waals surface area contributed by atoms with E-state index >= 15 is 0 Å². The summed E-state index contributed by atoms with van der Waals surface area (Å²) in [4.78, 5) is 23.3. The Bertz CT molecular complexity index is 1150. The molecule has 2 N–H and O–H groups in total. The molecule has 4 heterocycles. The lowest BCUT2D eigenvalue weighted by Crippen LogP contribution is -2.41. The Kier molecular flexibility index (Phi) is 5.84. The minimum absolute atomic E-state index is 0.0231. The minimum Gasteiger partial charge on any atom is -0.444 e. The number of nitrogens with zero attached hydrogens (tertiary/aromatic N) is 4. The summed E-state index contributed by atoms with van der Waals surface area (Å²) in [5, 5.41) is 0.870. The number of ether oxygens (including phenoxy) is 3. The van der Waals surface area contributed by atoms with E-state index in [2.05, 4.69) is 49.4 Å². The molecule has 1 amide bonds. The van der Waals surface area contributed by atoms with Crippen LogP contribution in [0.2, 0.25) is 0 Å². The molecular formula is C24H32IN5O4. The van der Waals surface area contributed by atoms with E-state index in [1.165, 1.54) is 11.9 Å². The second-order valence-electron chi connectivity index (χ2n) is 10.8. The fourth-order valence-electron chi connectivity index (χ4n) is 5.42. The van der Waals surface area contributed by atoms with Gasteiger partial charge in [0.05, 0.1) is 17.5 Å². The molecule has 0 bridgehead atoms. The van der Waals surface area contributed by atoms with Gasteiger partial charge >= 0.3 is 6.09 Å². The van der Waals surface area contributed by atoms with Crippen molar-refractivity contribution in [3.05, 3.63) is 27.7 Å². The zero-order chi connectivity index (χ0) is 24.4. The van der Waals surface area contributed by atoms with Crippen molar-refractivity contribution < 1.29 is 19.0 Å². The number of amides is 1. The molecule has 2 aromatic heterocycles. The molecule has 0 radical (unpaired) electrons. The number of fused-ring (bicyclic) bond motifs is 2. The van der Waals surface area contributed by atoms with Gasteiger partial charge in [0.1, 0.15) is 29.5 Å². The van der Waals surface area contributed by atoms with Crippen LogP contribution in [0.5, 0.6) is 0 Å². The predicted molar refractivity (Wildman–Crippen MR) is 136 cm³/mol. The van der Waals surface area contributed by atoms with E-state index in [4.69, 9.17) is 19.9 Å². The van der Waals surface area contributed by atoms with Crippen LogP contribution < -0.4 is 5.73 Å². The van der Waals surface area contributed by atoms with Crippen LogP contribution in [0.1, 0.15) is 53.5 Å². The lowest BCUT2D eigenvalue weighted by atomic mass is 9.91. The predicted octanol–water partition coefficient (Wildman–Crippen LogP) is 4.27. The SMILES string of the molecule is CC(C)(C)OC(=O)N1CCC=C([C@H]2C[C@@H](n3cc(I)c4c(N)ncnc43)[C@@H]3OC(C)(C)O[C@@H]32)C1. The molecule has 9 nitrogen and oxygen atoms in total. The van der Waals surface area contributed by atoms with E-state index in [1.807, 2.05) is 34.6 Å². The van der Waals surface area contributed by atoms with Crippen molar-refractivity contribution in [2.75, 3.05) is 18.8 Å². The summed E-state index contributed by atoms with van der Waals surface area (Å²) in [6.07, 6.45) is 6.95. The van der Waals surface area contributed by atoms with Gasteiger partial charge in [0, 0.05) is 28.8 Å². The summed E-state index contributed by atoms with van der Waals surface area (Å²) < 4.78 is 21.7. The normalized spacial score (nSPS) is 28.8. The first-order valence-electron chi connectivity index (χ1n) is 11.7. The maximum atomic E-state index is 12.8. The van der Waals surface area contributed by atoms with Gasteiger partial charge < -0.3 is 29.4 Å². The van der Waals surface area contributed by atoms with Crippen molar-refractivity contribution in [2.24, 2.45) is 5.92 Å². The number of aromatic nitrogens is 3. The number of hydrogen-bond acceptors (Lipinski definition) is 7. The quantitative estimate of drug-likeness (QED) is 0.418. The highest BCUT2D eigenvalue weighted by atomic mass is 127. The summed E-state index contributed by atoms with van der Waals surface area (Å²) in [6.45, 7) is 10.8. The number of carbonyl (C=O) groups excluding carboxylic acids is 1. The Morgan fingerprint density at radius 2 is 2.00 bits per heavy atom. The third-order valence-electron chi connectivity index (χ3n) is 6.69. The number of carbonyl (C=O) groups is 1. The van der Waals surface area contributed by atoms with Crippen LogP contribution in [0.4, 0.5) is 10.6 Å². The van der Waals surface area contributed by atoms with Gasteiger partial charge in [-0.3, -0.25) is 0 Å². The fourth-order valence-corrected chi connectivity index (χ4v) is 6.24. The third-order valence-corrected chi connectivity index (χ3v) is 7.51. The average molecular weight is 581 g/mol. The van der Waals surface area contributed by atoms with Crippen molar-refractivity contribution in [2.45, 2.75) is 77.1 Å². The van der Waals surface area contributed by atoms with E-state index in [1.54, 1.807) is 4.90 Å². The van der Waals surface area contributed by atoms with Crippen molar-refractivity contribution in [1.82, 2.24) is 19.4 Å². The lowest BCUT2D eigenvalue weighted by Gasteiger charge is -2.33. The summed E-state index contributed by atoms with van der Waals surface area (Å²) in [5.74, 6) is -0.0846. The van der Waals surface area contributed by atoms with Crippen molar-refractivity contribution in [3.63, 3.8) is 0 Å². The number of hydrogen-bond donors (Lipinski definition) is 1. The molecule has 4 atom stereocenters. The molecule has 184 valence electrons. The lowest BCUT2D eigenvalue weighted by molar-refractivity contribution is -0.158. The molecule has 0 spiro atoms. The number of nitrogens with two attached hydrogens (primary N) is 1. The van der Waals surface area contributed by atoms with E-state index < -0.39 is 11.4 Å². The smallest absolute Gasteiger partial charge is 0.410 e. The molecule has 3 aliphatic rings. The van der Waals surface area contributed by atoms with Gasteiger partial charge in [0.2, 0.25) is 0 Å². The molecule has 34 heavy (non-hydrogen) atoms. The molecule has 5 rings (SSSR count). The standard InChI is InChI=1S/C24H32IN5O4/c1-23(2,3)34-22(31)29-8-6-7-13(10-29)14-9-16(19-18(14)32-24(4,5)33-19)30-11-15(25)17-20(26)27-12-28-21(17)30/h7,11-12,14,16,18-19H,6,8-10H2,1-5H3,(H2,26,27,28)/t14-,16-,18-,19+/m1/s1. The number of halogens is 1. The fraction of sp³-hybridized carbons (Fsp3) is 0.625. The van der Waals surface area contributed by atoms with E-state index in [0.29, 0.717) is 18.9 Å². The van der Waals surface area contributed by atoms with Gasteiger partial charge in [-0.1, -0.05) is 6.08 Å². The second kappa shape index (κ2) is 8.34. The van der Waals surface area contributed by atoms with Crippen LogP contribution in [-0.4, -0.2) is 62.2 Å². The molecule has 0 aromatic carbocycles. The Labute approximate surface area is 213 Å². The zero-order valence-corrected chi connectivity index (χ0v) is 22.4. The third kappa shape index (κ3) is 4.28. The van der Waals surface area contributed by atoms with Gasteiger partial charge in [0.15, 0.2) is 5.79 Å². The highest BCUT2D eigenvalue weighted by Gasteiger charge is 2.56. The van der Waals surface area contributed by atoms with Gasteiger partial charge in [-0.15, -0.1) is 0 Å². The van der Waals surface area contributed by atoms with Crippen molar-refractivity contribution in [1.29, 1.82) is 0 Å². The van der Waals surface area contributed by atoms with Crippen molar-refractivity contribution in [3.8, 4) is 0 Å². The number of anilines is 1. The summed E-state index contributed by atoms with van der Waals surface area (Å²) in [6, 6.07) is 0.0231. The highest BCUT2D eigenvalue weighted by Crippen LogP contribution is 2.50. The Morgan fingerprint density at radius 1 is 1.26 bits per heavy atom. The van der Waals surface area contributed by atoms with Gasteiger partial charge in [-0.05, 0) is 75.6 Å².